The minimum atomic E-state index is 0.367. The van der Waals surface area contributed by atoms with E-state index in [-0.39, 0.29) is 0 Å². The van der Waals surface area contributed by atoms with Crippen molar-refractivity contribution in [3.63, 3.8) is 0 Å². The van der Waals surface area contributed by atoms with Gasteiger partial charge in [-0.2, -0.15) is 5.26 Å². The van der Waals surface area contributed by atoms with Crippen molar-refractivity contribution in [2.75, 3.05) is 0 Å². The van der Waals surface area contributed by atoms with Crippen LogP contribution in [0.15, 0.2) is 41.0 Å². The molecule has 0 bridgehead atoms. The van der Waals surface area contributed by atoms with Gasteiger partial charge >= 0.3 is 0 Å². The highest BCUT2D eigenvalue weighted by atomic mass is 35.5. The molecule has 1 atom stereocenters. The van der Waals surface area contributed by atoms with Gasteiger partial charge in [0.2, 0.25) is 0 Å². The summed E-state index contributed by atoms with van der Waals surface area (Å²) in [5.41, 5.74) is 1.60. The Bertz CT molecular complexity index is 587. The molecular weight excluding hydrogens is 272 g/mol. The van der Waals surface area contributed by atoms with Crippen molar-refractivity contribution in [1.29, 1.82) is 5.26 Å². The lowest BCUT2D eigenvalue weighted by Crippen LogP contribution is -2.26. The lowest BCUT2D eigenvalue weighted by Gasteiger charge is -2.14. The number of rotatable bonds is 6. The van der Waals surface area contributed by atoms with Crippen molar-refractivity contribution >= 4 is 11.6 Å². The molecule has 0 aliphatic carbocycles. The van der Waals surface area contributed by atoms with Crippen LogP contribution in [0.3, 0.4) is 0 Å². The highest BCUT2D eigenvalue weighted by molar-refractivity contribution is 6.31. The maximum absolute atomic E-state index is 8.80. The number of halogens is 1. The van der Waals surface area contributed by atoms with Crippen molar-refractivity contribution in [1.82, 2.24) is 5.32 Å². The quantitative estimate of drug-likeness (QED) is 0.876. The molecule has 0 radical (unpaired) electrons. The molecule has 0 aliphatic rings. The van der Waals surface area contributed by atoms with Crippen LogP contribution in [0.1, 0.15) is 30.2 Å². The minimum Gasteiger partial charge on any atom is -0.469 e. The molecule has 0 aliphatic heterocycles. The second-order valence-electron chi connectivity index (χ2n) is 4.82. The fourth-order valence-corrected chi connectivity index (χ4v) is 2.21. The molecule has 0 saturated carbocycles. The summed E-state index contributed by atoms with van der Waals surface area (Å²) in [4.78, 5) is 0. The summed E-state index contributed by atoms with van der Waals surface area (Å²) in [5, 5.41) is 12.9. The maximum Gasteiger partial charge on any atom is 0.103 e. The van der Waals surface area contributed by atoms with Crippen molar-refractivity contribution in [2.45, 2.75) is 32.4 Å². The van der Waals surface area contributed by atoms with Crippen LogP contribution < -0.4 is 5.32 Å². The summed E-state index contributed by atoms with van der Waals surface area (Å²) in [5.74, 6) is 1.01. The second kappa shape index (κ2) is 7.14. The predicted octanol–water partition coefficient (Wildman–Crippen LogP) is 3.92. The maximum atomic E-state index is 8.80. The number of nitrogens with one attached hydrogen (secondary N) is 1. The Labute approximate surface area is 124 Å². The molecule has 1 aromatic carbocycles. The van der Waals surface area contributed by atoms with Gasteiger partial charge in [-0.25, -0.2) is 0 Å². The van der Waals surface area contributed by atoms with Gasteiger partial charge in [-0.15, -0.1) is 0 Å². The molecule has 1 heterocycles. The monoisotopic (exact) mass is 288 g/mol. The van der Waals surface area contributed by atoms with Crippen molar-refractivity contribution in [3.05, 3.63) is 58.5 Å². The molecular formula is C16H17ClN2O. The Kier molecular flexibility index (Phi) is 5.23. The fourth-order valence-electron chi connectivity index (χ4n) is 1.96. The first-order chi connectivity index (χ1) is 9.69. The fraction of sp³-hybridized carbons (Fsp3) is 0.312. The van der Waals surface area contributed by atoms with Gasteiger partial charge in [0.05, 0.1) is 17.9 Å². The van der Waals surface area contributed by atoms with E-state index in [2.05, 4.69) is 18.3 Å². The third-order valence-corrected chi connectivity index (χ3v) is 3.58. The third-order valence-electron chi connectivity index (χ3n) is 3.23. The molecule has 4 heteroatoms. The molecule has 1 N–H and O–H groups in total. The number of hydrogen-bond donors (Lipinski definition) is 1. The SMILES string of the molecule is CC(CCc1ccco1)NCc1ccc(C#N)cc1Cl. The smallest absolute Gasteiger partial charge is 0.103 e. The molecule has 0 amide bonds. The van der Waals surface area contributed by atoms with E-state index in [0.717, 1.165) is 24.2 Å². The number of benzene rings is 1. The van der Waals surface area contributed by atoms with Gasteiger partial charge in [0, 0.05) is 24.0 Å². The first-order valence-electron chi connectivity index (χ1n) is 6.63. The molecule has 0 saturated heterocycles. The van der Waals surface area contributed by atoms with Crippen LogP contribution in [-0.2, 0) is 13.0 Å². The number of aryl methyl sites for hydroxylation is 1. The van der Waals surface area contributed by atoms with Crippen LogP contribution >= 0.6 is 11.6 Å². The topological polar surface area (TPSA) is 49.0 Å². The summed E-state index contributed by atoms with van der Waals surface area (Å²) < 4.78 is 5.31. The predicted molar refractivity (Wildman–Crippen MR) is 79.5 cm³/mol. The Morgan fingerprint density at radius 3 is 2.90 bits per heavy atom. The summed E-state index contributed by atoms with van der Waals surface area (Å²) in [6.45, 7) is 2.84. The van der Waals surface area contributed by atoms with E-state index in [1.807, 2.05) is 18.2 Å². The van der Waals surface area contributed by atoms with E-state index in [1.165, 1.54) is 0 Å². The zero-order chi connectivity index (χ0) is 14.4. The standard InChI is InChI=1S/C16H17ClN2O/c1-12(4-7-15-3-2-8-20-15)19-11-14-6-5-13(10-18)9-16(14)17/h2-3,5-6,8-9,12,19H,4,7,11H2,1H3. The average Bonchev–Trinajstić information content (AvgIpc) is 2.97. The Balaban J connectivity index is 1.81. The number of nitriles is 1. The van der Waals surface area contributed by atoms with Gasteiger partial charge in [-0.3, -0.25) is 0 Å². The van der Waals surface area contributed by atoms with Crippen LogP contribution in [0.5, 0.6) is 0 Å². The minimum absolute atomic E-state index is 0.367. The largest absolute Gasteiger partial charge is 0.469 e. The summed E-state index contributed by atoms with van der Waals surface area (Å²) in [6.07, 6.45) is 3.62. The zero-order valence-corrected chi connectivity index (χ0v) is 12.2. The summed E-state index contributed by atoms with van der Waals surface area (Å²) in [6, 6.07) is 11.7. The van der Waals surface area contributed by atoms with E-state index in [1.54, 1.807) is 18.4 Å². The lowest BCUT2D eigenvalue weighted by molar-refractivity contribution is 0.460. The van der Waals surface area contributed by atoms with Crippen molar-refractivity contribution in [2.24, 2.45) is 0 Å². The van der Waals surface area contributed by atoms with E-state index < -0.39 is 0 Å². The van der Waals surface area contributed by atoms with Crippen LogP contribution in [0.2, 0.25) is 5.02 Å². The first-order valence-corrected chi connectivity index (χ1v) is 7.01. The molecule has 0 spiro atoms. The second-order valence-corrected chi connectivity index (χ2v) is 5.23. The van der Waals surface area contributed by atoms with E-state index in [4.69, 9.17) is 21.3 Å². The molecule has 104 valence electrons. The zero-order valence-electron chi connectivity index (χ0n) is 11.4. The average molecular weight is 289 g/mol. The van der Waals surface area contributed by atoms with Gasteiger partial charge in [0.15, 0.2) is 0 Å². The molecule has 1 unspecified atom stereocenters. The Morgan fingerprint density at radius 2 is 2.25 bits per heavy atom. The van der Waals surface area contributed by atoms with Gasteiger partial charge in [0.25, 0.3) is 0 Å². The van der Waals surface area contributed by atoms with Gasteiger partial charge in [-0.05, 0) is 43.2 Å². The highest BCUT2D eigenvalue weighted by Gasteiger charge is 2.06. The third kappa shape index (κ3) is 4.12. The van der Waals surface area contributed by atoms with Gasteiger partial charge in [-0.1, -0.05) is 17.7 Å². The molecule has 2 rings (SSSR count). The lowest BCUT2D eigenvalue weighted by atomic mass is 10.1. The van der Waals surface area contributed by atoms with Gasteiger partial charge in [0.1, 0.15) is 5.76 Å². The number of hydrogen-bond acceptors (Lipinski definition) is 3. The van der Waals surface area contributed by atoms with Crippen molar-refractivity contribution in [3.8, 4) is 6.07 Å². The molecule has 0 fully saturated rings. The molecule has 3 nitrogen and oxygen atoms in total. The van der Waals surface area contributed by atoms with E-state index in [0.29, 0.717) is 23.2 Å². The van der Waals surface area contributed by atoms with Gasteiger partial charge < -0.3 is 9.73 Å². The summed E-state index contributed by atoms with van der Waals surface area (Å²) in [7, 11) is 0. The Hall–Kier alpha value is -1.76. The van der Waals surface area contributed by atoms with Crippen LogP contribution in [0.4, 0.5) is 0 Å². The normalized spacial score (nSPS) is 12.1. The Morgan fingerprint density at radius 1 is 1.40 bits per heavy atom. The number of nitrogens with zero attached hydrogens (tertiary/aromatic N) is 1. The van der Waals surface area contributed by atoms with Crippen molar-refractivity contribution < 1.29 is 4.42 Å². The highest BCUT2D eigenvalue weighted by Crippen LogP contribution is 2.17. The molecule has 2 aromatic rings. The van der Waals surface area contributed by atoms with E-state index >= 15 is 0 Å². The molecule has 1 aromatic heterocycles. The van der Waals surface area contributed by atoms with Crippen LogP contribution in [0.25, 0.3) is 0 Å². The van der Waals surface area contributed by atoms with E-state index in [9.17, 15) is 0 Å². The molecule has 20 heavy (non-hydrogen) atoms. The number of furan rings is 1. The summed E-state index contributed by atoms with van der Waals surface area (Å²) >= 11 is 6.14. The first kappa shape index (κ1) is 14.6. The van der Waals surface area contributed by atoms with Crippen LogP contribution in [0, 0.1) is 11.3 Å². The van der Waals surface area contributed by atoms with Crippen LogP contribution in [-0.4, -0.2) is 6.04 Å².